The summed E-state index contributed by atoms with van der Waals surface area (Å²) in [5.74, 6) is 1.79. The van der Waals surface area contributed by atoms with Crippen molar-refractivity contribution in [2.45, 2.75) is 52.4 Å². The molecule has 1 fully saturated rings. The normalized spacial score (nSPS) is 14.5. The summed E-state index contributed by atoms with van der Waals surface area (Å²) in [5, 5.41) is 0. The van der Waals surface area contributed by atoms with Crippen LogP contribution in [0.1, 0.15) is 51.5 Å². The number of aryl methyl sites for hydroxylation is 1. The van der Waals surface area contributed by atoms with Gasteiger partial charge in [-0.15, -0.1) is 0 Å². The molecule has 2 amide bonds. The third-order valence-corrected chi connectivity index (χ3v) is 5.10. The Balaban J connectivity index is 1.85. The number of hydrogen-bond donors (Lipinski definition) is 0. The van der Waals surface area contributed by atoms with Crippen molar-refractivity contribution in [2.75, 3.05) is 39.9 Å². The molecule has 1 aromatic rings. The van der Waals surface area contributed by atoms with Gasteiger partial charge in [0.1, 0.15) is 0 Å². The second-order valence-electron chi connectivity index (χ2n) is 7.14. The summed E-state index contributed by atoms with van der Waals surface area (Å²) < 4.78 is 10.9. The lowest BCUT2D eigenvalue weighted by Crippen LogP contribution is -2.37. The van der Waals surface area contributed by atoms with Crippen molar-refractivity contribution in [3.05, 3.63) is 23.8 Å². The Bertz CT molecular complexity index is 647. The molecule has 1 heterocycles. The molecule has 0 unspecified atom stereocenters. The number of carbonyl (C=O) groups is 2. The van der Waals surface area contributed by atoms with Gasteiger partial charge in [0.2, 0.25) is 11.8 Å². The largest absolute Gasteiger partial charge is 0.493 e. The molecule has 0 bridgehead atoms. The van der Waals surface area contributed by atoms with Gasteiger partial charge in [-0.05, 0) is 43.9 Å². The lowest BCUT2D eigenvalue weighted by Gasteiger charge is -2.22. The molecule has 156 valence electrons. The van der Waals surface area contributed by atoms with Crippen molar-refractivity contribution < 1.29 is 19.1 Å². The van der Waals surface area contributed by atoms with Crippen LogP contribution in [0.25, 0.3) is 0 Å². The van der Waals surface area contributed by atoms with Crippen LogP contribution < -0.4 is 9.47 Å². The molecule has 1 aromatic carbocycles. The second-order valence-corrected chi connectivity index (χ2v) is 7.14. The van der Waals surface area contributed by atoms with Crippen LogP contribution in [-0.2, 0) is 16.0 Å². The Morgan fingerprint density at radius 3 is 2.25 bits per heavy atom. The topological polar surface area (TPSA) is 59.1 Å². The number of hydrogen-bond acceptors (Lipinski definition) is 4. The Kier molecular flexibility index (Phi) is 9.11. The van der Waals surface area contributed by atoms with Crippen molar-refractivity contribution in [1.82, 2.24) is 9.80 Å². The van der Waals surface area contributed by atoms with Gasteiger partial charge in [-0.3, -0.25) is 9.59 Å². The number of ether oxygens (including phenoxy) is 2. The minimum absolute atomic E-state index is 0.149. The van der Waals surface area contributed by atoms with Crippen LogP contribution in [0.4, 0.5) is 0 Å². The molecule has 28 heavy (non-hydrogen) atoms. The van der Waals surface area contributed by atoms with Gasteiger partial charge in [-0.1, -0.05) is 19.4 Å². The zero-order chi connectivity index (χ0) is 20.4. The van der Waals surface area contributed by atoms with Crippen LogP contribution in [0.5, 0.6) is 11.5 Å². The van der Waals surface area contributed by atoms with Crippen molar-refractivity contribution in [3.8, 4) is 11.5 Å². The lowest BCUT2D eigenvalue weighted by atomic mass is 10.1. The molecule has 0 spiro atoms. The summed E-state index contributed by atoms with van der Waals surface area (Å²) in [7, 11) is 1.62. The van der Waals surface area contributed by atoms with E-state index in [2.05, 4.69) is 6.92 Å². The van der Waals surface area contributed by atoms with Gasteiger partial charge in [0.15, 0.2) is 11.5 Å². The standard InChI is InChI=1S/C22H34N2O4/c1-4-6-8-21(25)23-13-7-14-24(16-15-23)22(26)12-10-18-9-11-19(28-5-2)20(17-18)27-3/h9,11,17H,4-8,10,12-16H2,1-3H3. The molecule has 2 rings (SSSR count). The smallest absolute Gasteiger partial charge is 0.222 e. The van der Waals surface area contributed by atoms with E-state index in [4.69, 9.17) is 9.47 Å². The fourth-order valence-corrected chi connectivity index (χ4v) is 3.45. The molecule has 0 aromatic heterocycles. The summed E-state index contributed by atoms with van der Waals surface area (Å²) in [4.78, 5) is 28.7. The Hall–Kier alpha value is -2.24. The monoisotopic (exact) mass is 390 g/mol. The zero-order valence-electron chi connectivity index (χ0n) is 17.5. The van der Waals surface area contributed by atoms with E-state index < -0.39 is 0 Å². The first-order chi connectivity index (χ1) is 13.6. The molecular weight excluding hydrogens is 356 g/mol. The van der Waals surface area contributed by atoms with Crippen LogP contribution in [0, 0.1) is 0 Å². The van der Waals surface area contributed by atoms with E-state index in [1.807, 2.05) is 34.9 Å². The summed E-state index contributed by atoms with van der Waals surface area (Å²) in [6, 6.07) is 5.82. The maximum absolute atomic E-state index is 12.7. The van der Waals surface area contributed by atoms with Crippen molar-refractivity contribution in [3.63, 3.8) is 0 Å². The summed E-state index contributed by atoms with van der Waals surface area (Å²) in [6.07, 6.45) is 4.55. The molecule has 0 saturated carbocycles. The maximum atomic E-state index is 12.7. The fourth-order valence-electron chi connectivity index (χ4n) is 3.45. The van der Waals surface area contributed by atoms with Gasteiger partial charge in [-0.25, -0.2) is 0 Å². The van der Waals surface area contributed by atoms with Crippen LogP contribution in [0.15, 0.2) is 18.2 Å². The maximum Gasteiger partial charge on any atom is 0.222 e. The molecule has 6 nitrogen and oxygen atoms in total. The number of nitrogens with zero attached hydrogens (tertiary/aromatic N) is 2. The highest BCUT2D eigenvalue weighted by molar-refractivity contribution is 5.78. The number of carbonyl (C=O) groups excluding carboxylic acids is 2. The van der Waals surface area contributed by atoms with Crippen molar-refractivity contribution >= 4 is 11.8 Å². The van der Waals surface area contributed by atoms with E-state index in [9.17, 15) is 9.59 Å². The zero-order valence-corrected chi connectivity index (χ0v) is 17.5. The molecule has 1 aliphatic rings. The van der Waals surface area contributed by atoms with E-state index in [0.717, 1.165) is 43.7 Å². The molecular formula is C22H34N2O4. The molecule has 6 heteroatoms. The minimum atomic E-state index is 0.149. The Morgan fingerprint density at radius 1 is 0.964 bits per heavy atom. The fraction of sp³-hybridized carbons (Fsp3) is 0.636. The highest BCUT2D eigenvalue weighted by Crippen LogP contribution is 2.28. The number of rotatable bonds is 9. The average molecular weight is 391 g/mol. The first-order valence-corrected chi connectivity index (χ1v) is 10.4. The SMILES string of the molecule is CCCCC(=O)N1CCCN(C(=O)CCc2ccc(OCC)c(OC)c2)CC1. The lowest BCUT2D eigenvalue weighted by molar-refractivity contribution is -0.133. The predicted octanol–water partition coefficient (Wildman–Crippen LogP) is 3.28. The number of amides is 2. The van der Waals surface area contributed by atoms with Crippen LogP contribution >= 0.6 is 0 Å². The van der Waals surface area contributed by atoms with E-state index >= 15 is 0 Å². The first-order valence-electron chi connectivity index (χ1n) is 10.4. The van der Waals surface area contributed by atoms with Crippen LogP contribution in [-0.4, -0.2) is 61.5 Å². The van der Waals surface area contributed by atoms with Crippen molar-refractivity contribution in [2.24, 2.45) is 0 Å². The summed E-state index contributed by atoms with van der Waals surface area (Å²) >= 11 is 0. The summed E-state index contributed by atoms with van der Waals surface area (Å²) in [6.45, 7) is 7.36. The molecule has 0 N–H and O–H groups in total. The van der Waals surface area contributed by atoms with Gasteiger partial charge in [-0.2, -0.15) is 0 Å². The predicted molar refractivity (Wildman–Crippen MR) is 110 cm³/mol. The highest BCUT2D eigenvalue weighted by Gasteiger charge is 2.21. The molecule has 0 aliphatic carbocycles. The van der Waals surface area contributed by atoms with Gasteiger partial charge < -0.3 is 19.3 Å². The minimum Gasteiger partial charge on any atom is -0.493 e. The average Bonchev–Trinajstić information content (AvgIpc) is 2.97. The Labute approximate surface area is 168 Å². The third kappa shape index (κ3) is 6.43. The van der Waals surface area contributed by atoms with E-state index in [1.165, 1.54) is 0 Å². The highest BCUT2D eigenvalue weighted by atomic mass is 16.5. The van der Waals surface area contributed by atoms with E-state index in [-0.39, 0.29) is 11.8 Å². The molecule has 1 aliphatic heterocycles. The first kappa shape index (κ1) is 22.1. The van der Waals surface area contributed by atoms with Crippen LogP contribution in [0.2, 0.25) is 0 Å². The quantitative estimate of drug-likeness (QED) is 0.649. The second kappa shape index (κ2) is 11.6. The van der Waals surface area contributed by atoms with E-state index in [0.29, 0.717) is 44.7 Å². The Morgan fingerprint density at radius 2 is 1.64 bits per heavy atom. The molecule has 1 saturated heterocycles. The van der Waals surface area contributed by atoms with Gasteiger partial charge in [0, 0.05) is 39.0 Å². The van der Waals surface area contributed by atoms with Crippen molar-refractivity contribution in [1.29, 1.82) is 0 Å². The molecule has 0 radical (unpaired) electrons. The van der Waals surface area contributed by atoms with E-state index in [1.54, 1.807) is 7.11 Å². The van der Waals surface area contributed by atoms with Gasteiger partial charge in [0.25, 0.3) is 0 Å². The third-order valence-electron chi connectivity index (χ3n) is 5.10. The van der Waals surface area contributed by atoms with Gasteiger partial charge >= 0.3 is 0 Å². The number of unbranched alkanes of at least 4 members (excludes halogenated alkanes) is 1. The summed E-state index contributed by atoms with van der Waals surface area (Å²) in [5.41, 5.74) is 1.06. The number of benzene rings is 1. The van der Waals surface area contributed by atoms with Crippen LogP contribution in [0.3, 0.4) is 0 Å². The number of methoxy groups -OCH3 is 1. The molecule has 0 atom stereocenters. The van der Waals surface area contributed by atoms with Gasteiger partial charge in [0.05, 0.1) is 13.7 Å².